The average Bonchev–Trinajstić information content (AvgIpc) is 2.34. The van der Waals surface area contributed by atoms with E-state index in [1.54, 1.807) is 31.4 Å². The van der Waals surface area contributed by atoms with E-state index in [4.69, 9.17) is 9.47 Å². The summed E-state index contributed by atoms with van der Waals surface area (Å²) in [6.07, 6.45) is -1.19. The number of nitrogens with one attached hydrogen (secondary N) is 1. The Bertz CT molecular complexity index is 408. The van der Waals surface area contributed by atoms with Gasteiger partial charge in [0.05, 0.1) is 7.11 Å². The van der Waals surface area contributed by atoms with Gasteiger partial charge in [-0.05, 0) is 45.0 Å². The molecule has 1 atom stereocenters. The van der Waals surface area contributed by atoms with Crippen LogP contribution in [-0.4, -0.2) is 36.4 Å². The molecule has 0 saturated heterocycles. The van der Waals surface area contributed by atoms with Crippen molar-refractivity contribution in [3.63, 3.8) is 0 Å². The SMILES string of the molecule is COc1ccc(OCC(O)C(=O)NC(C)(C)C)cc1. The van der Waals surface area contributed by atoms with Gasteiger partial charge in [0, 0.05) is 5.54 Å². The minimum absolute atomic E-state index is 0.0890. The molecule has 0 aromatic heterocycles. The number of hydrogen-bond donors (Lipinski definition) is 2. The van der Waals surface area contributed by atoms with E-state index in [9.17, 15) is 9.90 Å². The van der Waals surface area contributed by atoms with Crippen LogP contribution in [0.5, 0.6) is 11.5 Å². The summed E-state index contributed by atoms with van der Waals surface area (Å²) >= 11 is 0. The van der Waals surface area contributed by atoms with Crippen LogP contribution in [0, 0.1) is 0 Å². The van der Waals surface area contributed by atoms with E-state index >= 15 is 0 Å². The summed E-state index contributed by atoms with van der Waals surface area (Å²) in [7, 11) is 1.58. The second-order valence-electron chi connectivity index (χ2n) is 5.24. The van der Waals surface area contributed by atoms with Gasteiger partial charge in [0.25, 0.3) is 5.91 Å². The van der Waals surface area contributed by atoms with Crippen molar-refractivity contribution in [3.05, 3.63) is 24.3 Å². The lowest BCUT2D eigenvalue weighted by molar-refractivity contribution is -0.132. The molecule has 1 unspecified atom stereocenters. The number of ether oxygens (including phenoxy) is 2. The largest absolute Gasteiger partial charge is 0.497 e. The molecule has 0 saturated carbocycles. The quantitative estimate of drug-likeness (QED) is 0.845. The third kappa shape index (κ3) is 5.61. The number of benzene rings is 1. The number of aliphatic hydroxyl groups excluding tert-OH is 1. The third-order valence-corrected chi connectivity index (χ3v) is 2.27. The lowest BCUT2D eigenvalue weighted by atomic mass is 10.1. The van der Waals surface area contributed by atoms with Crippen LogP contribution >= 0.6 is 0 Å². The van der Waals surface area contributed by atoms with Crippen molar-refractivity contribution >= 4 is 5.91 Å². The fourth-order valence-corrected chi connectivity index (χ4v) is 1.38. The van der Waals surface area contributed by atoms with Crippen molar-refractivity contribution < 1.29 is 19.4 Å². The van der Waals surface area contributed by atoms with Crippen molar-refractivity contribution in [2.75, 3.05) is 13.7 Å². The zero-order chi connectivity index (χ0) is 14.5. The summed E-state index contributed by atoms with van der Waals surface area (Å²) in [5, 5.41) is 12.4. The van der Waals surface area contributed by atoms with Crippen LogP contribution in [0.3, 0.4) is 0 Å². The second-order valence-corrected chi connectivity index (χ2v) is 5.24. The molecule has 0 spiro atoms. The molecule has 1 aromatic carbocycles. The number of amides is 1. The van der Waals surface area contributed by atoms with Gasteiger partial charge >= 0.3 is 0 Å². The van der Waals surface area contributed by atoms with Gasteiger partial charge in [-0.3, -0.25) is 4.79 Å². The number of carbonyl (C=O) groups is 1. The Morgan fingerprint density at radius 1 is 1.26 bits per heavy atom. The number of rotatable bonds is 5. The molecule has 0 heterocycles. The first-order chi connectivity index (χ1) is 8.81. The molecule has 106 valence electrons. The number of carbonyl (C=O) groups excluding carboxylic acids is 1. The van der Waals surface area contributed by atoms with Gasteiger partial charge in [-0.2, -0.15) is 0 Å². The Morgan fingerprint density at radius 2 is 1.79 bits per heavy atom. The fourth-order valence-electron chi connectivity index (χ4n) is 1.38. The van der Waals surface area contributed by atoms with E-state index in [0.717, 1.165) is 5.75 Å². The molecule has 5 nitrogen and oxygen atoms in total. The van der Waals surface area contributed by atoms with Gasteiger partial charge in [-0.15, -0.1) is 0 Å². The standard InChI is InChI=1S/C14H21NO4/c1-14(2,3)15-13(17)12(16)9-19-11-7-5-10(18-4)6-8-11/h5-8,12,16H,9H2,1-4H3,(H,15,17). The normalized spacial score (nSPS) is 12.7. The number of aliphatic hydroxyl groups is 1. The maximum Gasteiger partial charge on any atom is 0.252 e. The first-order valence-corrected chi connectivity index (χ1v) is 6.09. The zero-order valence-electron chi connectivity index (χ0n) is 11.8. The average molecular weight is 267 g/mol. The topological polar surface area (TPSA) is 67.8 Å². The monoisotopic (exact) mass is 267 g/mol. The van der Waals surface area contributed by atoms with Gasteiger partial charge < -0.3 is 19.9 Å². The van der Waals surface area contributed by atoms with Crippen molar-refractivity contribution in [1.29, 1.82) is 0 Å². The zero-order valence-corrected chi connectivity index (χ0v) is 11.8. The van der Waals surface area contributed by atoms with Gasteiger partial charge in [-0.1, -0.05) is 0 Å². The van der Waals surface area contributed by atoms with Crippen LogP contribution < -0.4 is 14.8 Å². The summed E-state index contributed by atoms with van der Waals surface area (Å²) in [5.74, 6) is 0.850. The predicted molar refractivity (Wildman–Crippen MR) is 72.4 cm³/mol. The van der Waals surface area contributed by atoms with Gasteiger partial charge in [-0.25, -0.2) is 0 Å². The summed E-state index contributed by atoms with van der Waals surface area (Å²) in [4.78, 5) is 11.6. The second kappa shape index (κ2) is 6.43. The molecular formula is C14H21NO4. The van der Waals surface area contributed by atoms with Crippen LogP contribution in [0.4, 0.5) is 0 Å². The first kappa shape index (κ1) is 15.3. The van der Waals surface area contributed by atoms with Gasteiger partial charge in [0.2, 0.25) is 0 Å². The minimum atomic E-state index is -1.19. The highest BCUT2D eigenvalue weighted by Crippen LogP contribution is 2.17. The lowest BCUT2D eigenvalue weighted by Crippen LogP contribution is -2.47. The van der Waals surface area contributed by atoms with Crippen molar-refractivity contribution in [1.82, 2.24) is 5.32 Å². The van der Waals surface area contributed by atoms with E-state index in [1.807, 2.05) is 20.8 Å². The summed E-state index contributed by atoms with van der Waals surface area (Å²) in [5.41, 5.74) is -0.377. The minimum Gasteiger partial charge on any atom is -0.497 e. The maximum absolute atomic E-state index is 11.6. The number of methoxy groups -OCH3 is 1. The molecular weight excluding hydrogens is 246 g/mol. The maximum atomic E-state index is 11.6. The highest BCUT2D eigenvalue weighted by atomic mass is 16.5. The highest BCUT2D eigenvalue weighted by molar-refractivity contribution is 5.81. The van der Waals surface area contributed by atoms with Crippen LogP contribution in [0.1, 0.15) is 20.8 Å². The van der Waals surface area contributed by atoms with E-state index < -0.39 is 12.0 Å². The highest BCUT2D eigenvalue weighted by Gasteiger charge is 2.21. The van der Waals surface area contributed by atoms with E-state index in [-0.39, 0.29) is 12.1 Å². The Kier molecular flexibility index (Phi) is 5.18. The molecule has 1 amide bonds. The Labute approximate surface area is 113 Å². The molecule has 0 radical (unpaired) electrons. The lowest BCUT2D eigenvalue weighted by Gasteiger charge is -2.22. The Hall–Kier alpha value is -1.75. The molecule has 2 N–H and O–H groups in total. The molecule has 5 heteroatoms. The summed E-state index contributed by atoms with van der Waals surface area (Å²) in [6, 6.07) is 6.92. The molecule has 0 fully saturated rings. The first-order valence-electron chi connectivity index (χ1n) is 6.09. The molecule has 19 heavy (non-hydrogen) atoms. The van der Waals surface area contributed by atoms with Crippen LogP contribution in [0.2, 0.25) is 0 Å². The molecule has 0 aliphatic carbocycles. The van der Waals surface area contributed by atoms with E-state index in [2.05, 4.69) is 5.32 Å². The Morgan fingerprint density at radius 3 is 2.26 bits per heavy atom. The molecule has 0 aliphatic heterocycles. The third-order valence-electron chi connectivity index (χ3n) is 2.27. The summed E-state index contributed by atoms with van der Waals surface area (Å²) in [6.45, 7) is 5.46. The molecule has 1 aromatic rings. The Balaban J connectivity index is 2.44. The number of hydrogen-bond acceptors (Lipinski definition) is 4. The van der Waals surface area contributed by atoms with Crippen LogP contribution in [-0.2, 0) is 4.79 Å². The van der Waals surface area contributed by atoms with Crippen molar-refractivity contribution in [2.45, 2.75) is 32.4 Å². The van der Waals surface area contributed by atoms with Crippen LogP contribution in [0.15, 0.2) is 24.3 Å². The molecule has 1 rings (SSSR count). The van der Waals surface area contributed by atoms with Crippen molar-refractivity contribution in [2.24, 2.45) is 0 Å². The van der Waals surface area contributed by atoms with Crippen molar-refractivity contribution in [3.8, 4) is 11.5 Å². The fraction of sp³-hybridized carbons (Fsp3) is 0.500. The van der Waals surface area contributed by atoms with E-state index in [0.29, 0.717) is 5.75 Å². The van der Waals surface area contributed by atoms with E-state index in [1.165, 1.54) is 0 Å². The summed E-state index contributed by atoms with van der Waals surface area (Å²) < 4.78 is 10.4. The predicted octanol–water partition coefficient (Wildman–Crippen LogP) is 1.35. The molecule has 0 bridgehead atoms. The van der Waals surface area contributed by atoms with Crippen LogP contribution in [0.25, 0.3) is 0 Å². The van der Waals surface area contributed by atoms with Gasteiger partial charge in [0.15, 0.2) is 6.10 Å². The molecule has 0 aliphatic rings. The van der Waals surface area contributed by atoms with Gasteiger partial charge in [0.1, 0.15) is 18.1 Å². The smallest absolute Gasteiger partial charge is 0.252 e.